The molecule has 3 aromatic rings. The molecule has 1 N–H and O–H groups in total. The summed E-state index contributed by atoms with van der Waals surface area (Å²) in [5.74, 6) is 0.820. The topological polar surface area (TPSA) is 41.6 Å². The summed E-state index contributed by atoms with van der Waals surface area (Å²) in [7, 11) is 0. The number of halogens is 3. The molecular formula is C25H25Cl3N2O2. The molecule has 0 unspecified atom stereocenters. The van der Waals surface area contributed by atoms with Crippen molar-refractivity contribution in [3.63, 3.8) is 0 Å². The third-order valence-electron chi connectivity index (χ3n) is 4.81. The second-order valence-electron chi connectivity index (χ2n) is 7.36. The number of rotatable bonds is 9. The number of hydrogen-bond donors (Lipinski definition) is 1. The van der Waals surface area contributed by atoms with E-state index in [2.05, 4.69) is 12.2 Å². The molecule has 3 aromatic carbocycles. The molecule has 0 aliphatic heterocycles. The molecule has 0 aliphatic carbocycles. The van der Waals surface area contributed by atoms with Gasteiger partial charge in [0.25, 0.3) is 0 Å². The van der Waals surface area contributed by atoms with Gasteiger partial charge in [-0.15, -0.1) is 0 Å². The van der Waals surface area contributed by atoms with Crippen LogP contribution in [-0.4, -0.2) is 17.5 Å². The minimum atomic E-state index is -0.316. The van der Waals surface area contributed by atoms with Gasteiger partial charge in [-0.05, 0) is 41.8 Å². The molecule has 0 radical (unpaired) electrons. The third kappa shape index (κ3) is 7.06. The second-order valence-corrected chi connectivity index (χ2v) is 8.61. The summed E-state index contributed by atoms with van der Waals surface area (Å²) >= 11 is 18.5. The normalized spacial score (nSPS) is 10.6. The molecule has 0 atom stereocenters. The Morgan fingerprint density at radius 1 is 0.906 bits per heavy atom. The quantitative estimate of drug-likeness (QED) is 0.307. The van der Waals surface area contributed by atoms with Crippen LogP contribution in [-0.2, 0) is 13.1 Å². The van der Waals surface area contributed by atoms with E-state index in [4.69, 9.17) is 39.5 Å². The summed E-state index contributed by atoms with van der Waals surface area (Å²) in [6, 6.07) is 20.4. The molecule has 0 spiro atoms. The lowest BCUT2D eigenvalue weighted by Gasteiger charge is -2.24. The van der Waals surface area contributed by atoms with Gasteiger partial charge in [0.1, 0.15) is 5.75 Å². The number of benzene rings is 3. The molecule has 32 heavy (non-hydrogen) atoms. The van der Waals surface area contributed by atoms with Gasteiger partial charge in [-0.25, -0.2) is 4.79 Å². The fraction of sp³-hybridized carbons (Fsp3) is 0.240. The SMILES string of the molecule is CCCCOc1ccc(CN(Cc2ccccc2)C(=O)Nc2c(Cl)cc(Cl)cc2Cl)cc1. The number of carbonyl (C=O) groups is 1. The Morgan fingerprint density at radius 2 is 1.50 bits per heavy atom. The second kappa shape index (κ2) is 12.0. The summed E-state index contributed by atoms with van der Waals surface area (Å²) in [6.45, 7) is 3.65. The van der Waals surface area contributed by atoms with E-state index < -0.39 is 0 Å². The van der Waals surface area contributed by atoms with E-state index in [0.717, 1.165) is 29.7 Å². The van der Waals surface area contributed by atoms with Gasteiger partial charge in [0.2, 0.25) is 0 Å². The molecule has 4 nitrogen and oxygen atoms in total. The molecule has 3 rings (SSSR count). The molecule has 2 amide bonds. The summed E-state index contributed by atoms with van der Waals surface area (Å²) in [5, 5.41) is 3.80. The van der Waals surface area contributed by atoms with Crippen molar-refractivity contribution in [3.8, 4) is 5.75 Å². The molecule has 0 bridgehead atoms. The highest BCUT2D eigenvalue weighted by molar-refractivity contribution is 6.42. The molecule has 7 heteroatoms. The molecule has 168 valence electrons. The zero-order chi connectivity index (χ0) is 22.9. The number of hydrogen-bond acceptors (Lipinski definition) is 2. The first kappa shape index (κ1) is 24.2. The maximum absolute atomic E-state index is 13.2. The predicted octanol–water partition coefficient (Wildman–Crippen LogP) is 8.06. The maximum Gasteiger partial charge on any atom is 0.322 e. The van der Waals surface area contributed by atoms with E-state index in [1.165, 1.54) is 0 Å². The maximum atomic E-state index is 13.2. The van der Waals surface area contributed by atoms with Gasteiger partial charge >= 0.3 is 6.03 Å². The van der Waals surface area contributed by atoms with Crippen LogP contribution < -0.4 is 10.1 Å². The minimum Gasteiger partial charge on any atom is -0.494 e. The number of ether oxygens (including phenoxy) is 1. The van der Waals surface area contributed by atoms with E-state index in [0.29, 0.717) is 30.4 Å². The molecular weight excluding hydrogens is 467 g/mol. The van der Waals surface area contributed by atoms with Crippen LogP contribution in [0.4, 0.5) is 10.5 Å². The number of amides is 2. The highest BCUT2D eigenvalue weighted by atomic mass is 35.5. The number of anilines is 1. The van der Waals surface area contributed by atoms with Crippen molar-refractivity contribution in [2.24, 2.45) is 0 Å². The van der Waals surface area contributed by atoms with Gasteiger partial charge in [-0.1, -0.05) is 90.6 Å². The number of carbonyl (C=O) groups excluding carboxylic acids is 1. The number of nitrogens with zero attached hydrogens (tertiary/aromatic N) is 1. The molecule has 0 heterocycles. The van der Waals surface area contributed by atoms with Gasteiger partial charge < -0.3 is 15.0 Å². The Hall–Kier alpha value is -2.40. The van der Waals surface area contributed by atoms with E-state index in [9.17, 15) is 4.79 Å². The van der Waals surface area contributed by atoms with Crippen LogP contribution in [0.1, 0.15) is 30.9 Å². The fourth-order valence-corrected chi connectivity index (χ4v) is 4.01. The first-order chi connectivity index (χ1) is 15.5. The Bertz CT molecular complexity index is 1000. The van der Waals surface area contributed by atoms with Crippen LogP contribution in [0.15, 0.2) is 66.7 Å². The van der Waals surface area contributed by atoms with Crippen LogP contribution in [0, 0.1) is 0 Å². The number of nitrogens with one attached hydrogen (secondary N) is 1. The van der Waals surface area contributed by atoms with Crippen molar-refractivity contribution >= 4 is 46.5 Å². The lowest BCUT2D eigenvalue weighted by Crippen LogP contribution is -2.34. The van der Waals surface area contributed by atoms with Crippen molar-refractivity contribution in [1.82, 2.24) is 4.90 Å². The van der Waals surface area contributed by atoms with Gasteiger partial charge in [-0.3, -0.25) is 0 Å². The average molecular weight is 492 g/mol. The lowest BCUT2D eigenvalue weighted by molar-refractivity contribution is 0.206. The molecule has 0 fully saturated rings. The number of urea groups is 1. The largest absolute Gasteiger partial charge is 0.494 e. The molecule has 0 aromatic heterocycles. The lowest BCUT2D eigenvalue weighted by atomic mass is 10.1. The fourth-order valence-electron chi connectivity index (χ4n) is 3.10. The van der Waals surface area contributed by atoms with Crippen LogP contribution >= 0.6 is 34.8 Å². The Kier molecular flexibility index (Phi) is 9.10. The first-order valence-electron chi connectivity index (χ1n) is 10.4. The zero-order valence-electron chi connectivity index (χ0n) is 17.8. The Morgan fingerprint density at radius 3 is 2.09 bits per heavy atom. The average Bonchev–Trinajstić information content (AvgIpc) is 2.77. The zero-order valence-corrected chi connectivity index (χ0v) is 20.1. The van der Waals surface area contributed by atoms with E-state index >= 15 is 0 Å². The Labute approximate surface area is 204 Å². The molecule has 0 saturated carbocycles. The van der Waals surface area contributed by atoms with E-state index in [1.54, 1.807) is 17.0 Å². The van der Waals surface area contributed by atoms with Gasteiger partial charge in [0.15, 0.2) is 0 Å². The van der Waals surface area contributed by atoms with Crippen LogP contribution in [0.25, 0.3) is 0 Å². The molecule has 0 aliphatic rings. The summed E-state index contributed by atoms with van der Waals surface area (Å²) < 4.78 is 5.73. The first-order valence-corrected chi connectivity index (χ1v) is 11.6. The van der Waals surface area contributed by atoms with E-state index in [-0.39, 0.29) is 16.1 Å². The number of unbranched alkanes of at least 4 members (excludes halogenated alkanes) is 1. The smallest absolute Gasteiger partial charge is 0.322 e. The third-order valence-corrected chi connectivity index (χ3v) is 5.62. The summed E-state index contributed by atoms with van der Waals surface area (Å²) in [6.07, 6.45) is 2.10. The van der Waals surface area contributed by atoms with Gasteiger partial charge in [0.05, 0.1) is 22.3 Å². The van der Waals surface area contributed by atoms with Crippen molar-refractivity contribution < 1.29 is 9.53 Å². The standard InChI is InChI=1S/C25H25Cl3N2O2/c1-2-3-13-32-21-11-9-19(10-12-21)17-30(16-18-7-5-4-6-8-18)25(31)29-24-22(27)14-20(26)15-23(24)28/h4-12,14-15H,2-3,13,16-17H2,1H3,(H,29,31). The van der Waals surface area contributed by atoms with Crippen molar-refractivity contribution in [3.05, 3.63) is 92.9 Å². The minimum absolute atomic E-state index is 0.282. The summed E-state index contributed by atoms with van der Waals surface area (Å²) in [5.41, 5.74) is 2.32. The van der Waals surface area contributed by atoms with Gasteiger partial charge in [-0.2, -0.15) is 0 Å². The Balaban J connectivity index is 1.77. The highest BCUT2D eigenvalue weighted by Gasteiger charge is 2.18. The van der Waals surface area contributed by atoms with Crippen molar-refractivity contribution in [2.75, 3.05) is 11.9 Å². The predicted molar refractivity (Wildman–Crippen MR) is 133 cm³/mol. The van der Waals surface area contributed by atoms with Crippen molar-refractivity contribution in [2.45, 2.75) is 32.9 Å². The highest BCUT2D eigenvalue weighted by Crippen LogP contribution is 2.34. The molecule has 0 saturated heterocycles. The van der Waals surface area contributed by atoms with E-state index in [1.807, 2.05) is 54.6 Å². The van der Waals surface area contributed by atoms with Crippen LogP contribution in [0.2, 0.25) is 15.1 Å². The van der Waals surface area contributed by atoms with Crippen molar-refractivity contribution in [1.29, 1.82) is 0 Å². The van der Waals surface area contributed by atoms with Crippen LogP contribution in [0.5, 0.6) is 5.75 Å². The van der Waals surface area contributed by atoms with Gasteiger partial charge in [0, 0.05) is 18.1 Å². The monoisotopic (exact) mass is 490 g/mol. The summed E-state index contributed by atoms with van der Waals surface area (Å²) in [4.78, 5) is 14.9. The van der Waals surface area contributed by atoms with Crippen LogP contribution in [0.3, 0.4) is 0 Å².